The molecule has 2 atom stereocenters. The number of allylic oxidation sites excluding steroid dienone is 6. The van der Waals surface area contributed by atoms with Crippen molar-refractivity contribution < 1.29 is 14.2 Å². The maximum atomic E-state index is 12.4. The second-order valence-corrected chi connectivity index (χ2v) is 7.94. The highest BCUT2D eigenvalue weighted by molar-refractivity contribution is 5.40. The number of aromatic amines is 1. The maximum Gasteiger partial charge on any atom is 0.238 e. The molecule has 5 nitrogen and oxygen atoms in total. The van der Waals surface area contributed by atoms with Gasteiger partial charge in [-0.3, -0.25) is 4.79 Å². The van der Waals surface area contributed by atoms with Crippen molar-refractivity contribution in [3.8, 4) is 11.6 Å². The molecule has 1 rings (SSSR count). The fourth-order valence-electron chi connectivity index (χ4n) is 3.56. The summed E-state index contributed by atoms with van der Waals surface area (Å²) in [6.07, 6.45) is 12.4. The monoisotopic (exact) mass is 429 g/mol. The van der Waals surface area contributed by atoms with Crippen molar-refractivity contribution in [2.75, 3.05) is 21.3 Å². The Bertz CT molecular complexity index is 903. The van der Waals surface area contributed by atoms with Gasteiger partial charge < -0.3 is 19.2 Å². The SMILES string of the molecule is C/C=C(\C)[C@@H](OC)[C@@H](C)/C=C(C)/C=C/C/C(C)=C/Cc1[nH]c(OC)c(OC)c(=O)c1C. The zero-order chi connectivity index (χ0) is 23.6. The van der Waals surface area contributed by atoms with Gasteiger partial charge in [-0.25, -0.2) is 0 Å². The van der Waals surface area contributed by atoms with Crippen molar-refractivity contribution >= 4 is 0 Å². The molecule has 1 aromatic rings. The Morgan fingerprint density at radius 3 is 2.35 bits per heavy atom. The smallest absolute Gasteiger partial charge is 0.238 e. The maximum absolute atomic E-state index is 12.4. The van der Waals surface area contributed by atoms with E-state index in [1.165, 1.54) is 30.9 Å². The molecule has 5 heteroatoms. The first-order chi connectivity index (χ1) is 14.7. The lowest BCUT2D eigenvalue weighted by Crippen LogP contribution is -2.20. The first-order valence-electron chi connectivity index (χ1n) is 10.7. The van der Waals surface area contributed by atoms with Gasteiger partial charge in [-0.1, -0.05) is 48.5 Å². The lowest BCUT2D eigenvalue weighted by atomic mass is 9.95. The van der Waals surface area contributed by atoms with Gasteiger partial charge in [-0.05, 0) is 46.6 Å². The molecule has 1 aromatic heterocycles. The van der Waals surface area contributed by atoms with Crippen molar-refractivity contribution in [2.45, 2.75) is 60.5 Å². The Morgan fingerprint density at radius 1 is 1.13 bits per heavy atom. The van der Waals surface area contributed by atoms with Crippen LogP contribution in [0.2, 0.25) is 0 Å². The fourth-order valence-corrected chi connectivity index (χ4v) is 3.56. The molecule has 0 aliphatic carbocycles. The van der Waals surface area contributed by atoms with Crippen molar-refractivity contribution in [1.29, 1.82) is 0 Å². The molecule has 0 aromatic carbocycles. The first-order valence-corrected chi connectivity index (χ1v) is 10.7. The number of aromatic nitrogens is 1. The van der Waals surface area contributed by atoms with E-state index in [0.29, 0.717) is 23.8 Å². The van der Waals surface area contributed by atoms with E-state index >= 15 is 0 Å². The Kier molecular flexibility index (Phi) is 11.1. The number of methoxy groups -OCH3 is 3. The van der Waals surface area contributed by atoms with Crippen LogP contribution in [0, 0.1) is 12.8 Å². The van der Waals surface area contributed by atoms with E-state index in [4.69, 9.17) is 14.2 Å². The van der Waals surface area contributed by atoms with E-state index < -0.39 is 0 Å². The third kappa shape index (κ3) is 7.59. The Morgan fingerprint density at radius 2 is 1.81 bits per heavy atom. The van der Waals surface area contributed by atoms with Crippen molar-refractivity contribution in [3.05, 3.63) is 68.6 Å². The van der Waals surface area contributed by atoms with Crippen molar-refractivity contribution in [2.24, 2.45) is 5.92 Å². The number of rotatable bonds is 11. The standard InChI is InChI=1S/C26H39NO4/c1-10-19(4)24(29-7)20(5)16-18(3)13-11-12-17(2)14-15-22-21(6)23(28)25(30-8)26(27-22)31-9/h10-11,13-14,16,20,24H,12,15H2,1-9H3,(H,27,28)/b13-11+,17-14+,18-16+,19-10+/t20-,24+/m0/s1. The minimum absolute atomic E-state index is 0.0989. The van der Waals surface area contributed by atoms with E-state index in [1.807, 2.05) is 6.92 Å². The number of pyridine rings is 1. The van der Waals surface area contributed by atoms with Gasteiger partial charge in [0.25, 0.3) is 0 Å². The summed E-state index contributed by atoms with van der Waals surface area (Å²) < 4.78 is 16.1. The van der Waals surface area contributed by atoms with Crippen LogP contribution < -0.4 is 14.9 Å². The number of H-pyrrole nitrogens is 1. The van der Waals surface area contributed by atoms with Crippen LogP contribution in [-0.2, 0) is 11.2 Å². The molecule has 1 heterocycles. The average molecular weight is 430 g/mol. The zero-order valence-electron chi connectivity index (χ0n) is 20.6. The van der Waals surface area contributed by atoms with Gasteiger partial charge in [-0.15, -0.1) is 0 Å². The van der Waals surface area contributed by atoms with E-state index in [9.17, 15) is 4.79 Å². The molecule has 0 bridgehead atoms. The predicted octanol–water partition coefficient (Wildman–Crippen LogP) is 5.70. The van der Waals surface area contributed by atoms with Crippen LogP contribution >= 0.6 is 0 Å². The van der Waals surface area contributed by atoms with Crippen LogP contribution in [0.1, 0.15) is 52.3 Å². The highest BCUT2D eigenvalue weighted by Gasteiger charge is 2.16. The summed E-state index contributed by atoms with van der Waals surface area (Å²) in [6.45, 7) is 12.3. The zero-order valence-corrected chi connectivity index (χ0v) is 20.6. The summed E-state index contributed by atoms with van der Waals surface area (Å²) in [4.78, 5) is 15.6. The molecular formula is C26H39NO4. The topological polar surface area (TPSA) is 60.6 Å². The minimum Gasteiger partial charge on any atom is -0.488 e. The Hall–Kier alpha value is -2.53. The molecule has 0 radical (unpaired) electrons. The average Bonchev–Trinajstić information content (AvgIpc) is 2.74. The lowest BCUT2D eigenvalue weighted by molar-refractivity contribution is 0.103. The van der Waals surface area contributed by atoms with Crippen LogP contribution in [0.3, 0.4) is 0 Å². The highest BCUT2D eigenvalue weighted by atomic mass is 16.5. The van der Waals surface area contributed by atoms with Gasteiger partial charge in [0.15, 0.2) is 0 Å². The Labute approximate surface area is 187 Å². The number of hydrogen-bond donors (Lipinski definition) is 1. The molecule has 31 heavy (non-hydrogen) atoms. The molecule has 0 saturated carbocycles. The van der Waals surface area contributed by atoms with Gasteiger partial charge >= 0.3 is 0 Å². The minimum atomic E-state index is -0.142. The third-order valence-corrected chi connectivity index (χ3v) is 5.51. The van der Waals surface area contributed by atoms with Crippen LogP contribution in [0.25, 0.3) is 0 Å². The molecule has 0 saturated heterocycles. The quantitative estimate of drug-likeness (QED) is 0.362. The van der Waals surface area contributed by atoms with E-state index in [1.54, 1.807) is 14.0 Å². The van der Waals surface area contributed by atoms with Gasteiger partial charge in [0.05, 0.1) is 20.3 Å². The molecule has 0 aliphatic rings. The number of ether oxygens (including phenoxy) is 3. The molecule has 0 aliphatic heterocycles. The van der Waals surface area contributed by atoms with Gasteiger partial charge in [0.2, 0.25) is 17.1 Å². The van der Waals surface area contributed by atoms with Gasteiger partial charge in [-0.2, -0.15) is 0 Å². The molecule has 1 N–H and O–H groups in total. The molecule has 0 unspecified atom stereocenters. The summed E-state index contributed by atoms with van der Waals surface area (Å²) in [5.74, 6) is 0.869. The van der Waals surface area contributed by atoms with Crippen LogP contribution in [-0.4, -0.2) is 32.4 Å². The summed E-state index contributed by atoms with van der Waals surface area (Å²) in [7, 11) is 4.75. The molecule has 172 valence electrons. The predicted molar refractivity (Wildman–Crippen MR) is 129 cm³/mol. The molecule has 0 fully saturated rings. The Balaban J connectivity index is 2.83. The van der Waals surface area contributed by atoms with Gasteiger partial charge in [0, 0.05) is 30.7 Å². The largest absolute Gasteiger partial charge is 0.488 e. The summed E-state index contributed by atoms with van der Waals surface area (Å²) in [5, 5.41) is 0. The van der Waals surface area contributed by atoms with Gasteiger partial charge in [0.1, 0.15) is 0 Å². The summed E-state index contributed by atoms with van der Waals surface area (Å²) >= 11 is 0. The third-order valence-electron chi connectivity index (χ3n) is 5.51. The molecule has 0 spiro atoms. The van der Waals surface area contributed by atoms with Crippen molar-refractivity contribution in [1.82, 2.24) is 4.98 Å². The lowest BCUT2D eigenvalue weighted by Gasteiger charge is -2.21. The molecular weight excluding hydrogens is 390 g/mol. The second kappa shape index (κ2) is 13.0. The van der Waals surface area contributed by atoms with E-state index in [2.05, 4.69) is 63.1 Å². The summed E-state index contributed by atoms with van der Waals surface area (Å²) in [5.41, 5.74) is 5.02. The normalized spacial score (nSPS) is 15.3. The van der Waals surface area contributed by atoms with Crippen LogP contribution in [0.15, 0.2) is 51.9 Å². The highest BCUT2D eigenvalue weighted by Crippen LogP contribution is 2.22. The van der Waals surface area contributed by atoms with Crippen LogP contribution in [0.5, 0.6) is 11.6 Å². The molecule has 0 amide bonds. The summed E-state index contributed by atoms with van der Waals surface area (Å²) in [6, 6.07) is 0. The van der Waals surface area contributed by atoms with E-state index in [-0.39, 0.29) is 17.3 Å². The number of hydrogen-bond acceptors (Lipinski definition) is 4. The van der Waals surface area contributed by atoms with Crippen molar-refractivity contribution in [3.63, 3.8) is 0 Å². The first kappa shape index (κ1) is 26.5. The second-order valence-electron chi connectivity index (χ2n) is 7.94. The van der Waals surface area contributed by atoms with Crippen LogP contribution in [0.4, 0.5) is 0 Å². The van der Waals surface area contributed by atoms with E-state index in [0.717, 1.165) is 12.1 Å². The fraction of sp³-hybridized carbons (Fsp3) is 0.500. The number of nitrogens with one attached hydrogen (secondary N) is 1.